The van der Waals surface area contributed by atoms with Crippen molar-refractivity contribution in [2.75, 3.05) is 0 Å². The second-order valence-electron chi connectivity index (χ2n) is 12.1. The van der Waals surface area contributed by atoms with Crippen LogP contribution in [-0.2, 0) is 10.8 Å². The molecule has 0 saturated heterocycles. The standard InChI is InChI=1S/C35H36O/c1-22(2)31-28(24-19-25(34(3,4)5)21-26(20-24)35(6,7)8)17-18-30-33(31)32-27(15-12-16-29(32)36-30)23-13-10-9-11-14-23/h9-21H,1H2,2-8H3. The number of hydrogen-bond donors (Lipinski definition) is 0. The van der Waals surface area contributed by atoms with Gasteiger partial charge in [-0.05, 0) is 74.4 Å². The number of hydrogen-bond acceptors (Lipinski definition) is 1. The molecule has 0 atom stereocenters. The largest absolute Gasteiger partial charge is 0.456 e. The highest BCUT2D eigenvalue weighted by Gasteiger charge is 2.24. The van der Waals surface area contributed by atoms with Gasteiger partial charge in [-0.15, -0.1) is 0 Å². The van der Waals surface area contributed by atoms with Crippen LogP contribution in [0.5, 0.6) is 0 Å². The van der Waals surface area contributed by atoms with Crippen LogP contribution in [0.3, 0.4) is 0 Å². The van der Waals surface area contributed by atoms with Crippen molar-refractivity contribution in [1.29, 1.82) is 0 Å². The van der Waals surface area contributed by atoms with E-state index in [9.17, 15) is 0 Å². The number of rotatable bonds is 3. The van der Waals surface area contributed by atoms with Gasteiger partial charge in [0.2, 0.25) is 0 Å². The smallest absolute Gasteiger partial charge is 0.136 e. The van der Waals surface area contributed by atoms with Crippen molar-refractivity contribution in [3.63, 3.8) is 0 Å². The first kappa shape index (κ1) is 24.1. The number of benzene rings is 4. The summed E-state index contributed by atoms with van der Waals surface area (Å²) in [5, 5.41) is 2.30. The molecule has 182 valence electrons. The molecule has 1 heteroatoms. The highest BCUT2D eigenvalue weighted by atomic mass is 16.3. The van der Waals surface area contributed by atoms with Crippen LogP contribution >= 0.6 is 0 Å². The topological polar surface area (TPSA) is 13.1 Å². The summed E-state index contributed by atoms with van der Waals surface area (Å²) in [7, 11) is 0. The molecule has 0 fully saturated rings. The van der Waals surface area contributed by atoms with Gasteiger partial charge in [-0.1, -0.05) is 115 Å². The Bertz CT molecular complexity index is 1570. The third-order valence-corrected chi connectivity index (χ3v) is 7.15. The number of furan rings is 1. The summed E-state index contributed by atoms with van der Waals surface area (Å²) in [6.07, 6.45) is 0. The van der Waals surface area contributed by atoms with Gasteiger partial charge in [0.15, 0.2) is 0 Å². The van der Waals surface area contributed by atoms with Gasteiger partial charge < -0.3 is 4.42 Å². The second kappa shape index (κ2) is 8.52. The molecule has 0 aliphatic rings. The van der Waals surface area contributed by atoms with Crippen LogP contribution in [-0.4, -0.2) is 0 Å². The fourth-order valence-electron chi connectivity index (χ4n) is 5.10. The normalized spacial score (nSPS) is 12.4. The van der Waals surface area contributed by atoms with Crippen LogP contribution in [0.25, 0.3) is 49.8 Å². The van der Waals surface area contributed by atoms with E-state index in [0.29, 0.717) is 0 Å². The molecule has 0 saturated carbocycles. The van der Waals surface area contributed by atoms with Crippen molar-refractivity contribution in [2.45, 2.75) is 59.3 Å². The SMILES string of the molecule is C=C(C)c1c(-c2cc(C(C)(C)C)cc(C(C)(C)C)c2)ccc2oc3cccc(-c4ccccc4)c3c12. The van der Waals surface area contributed by atoms with Crippen LogP contribution in [0.4, 0.5) is 0 Å². The molecule has 0 radical (unpaired) electrons. The average molecular weight is 473 g/mol. The Balaban J connectivity index is 1.89. The van der Waals surface area contributed by atoms with E-state index in [2.05, 4.69) is 134 Å². The second-order valence-corrected chi connectivity index (χ2v) is 12.1. The van der Waals surface area contributed by atoms with Crippen molar-refractivity contribution in [3.8, 4) is 22.3 Å². The molecule has 1 aromatic heterocycles. The average Bonchev–Trinajstić information content (AvgIpc) is 3.21. The lowest BCUT2D eigenvalue weighted by molar-refractivity contribution is 0.569. The van der Waals surface area contributed by atoms with E-state index in [0.717, 1.165) is 27.5 Å². The van der Waals surface area contributed by atoms with Gasteiger partial charge >= 0.3 is 0 Å². The molecule has 36 heavy (non-hydrogen) atoms. The zero-order valence-electron chi connectivity index (χ0n) is 22.6. The molecule has 4 aromatic carbocycles. The molecular formula is C35H36O. The van der Waals surface area contributed by atoms with Crippen molar-refractivity contribution >= 4 is 27.5 Å². The van der Waals surface area contributed by atoms with Gasteiger partial charge in [0.05, 0.1) is 0 Å². The van der Waals surface area contributed by atoms with Crippen molar-refractivity contribution in [1.82, 2.24) is 0 Å². The van der Waals surface area contributed by atoms with E-state index in [1.807, 2.05) is 0 Å². The third kappa shape index (κ3) is 4.17. The minimum atomic E-state index is 0.0479. The predicted molar refractivity (Wildman–Crippen MR) is 157 cm³/mol. The molecule has 1 heterocycles. The Morgan fingerprint density at radius 2 is 1.22 bits per heavy atom. The Morgan fingerprint density at radius 3 is 1.81 bits per heavy atom. The zero-order chi connectivity index (χ0) is 25.8. The number of allylic oxidation sites excluding steroid dienone is 1. The van der Waals surface area contributed by atoms with E-state index < -0.39 is 0 Å². The molecule has 0 aliphatic carbocycles. The van der Waals surface area contributed by atoms with E-state index >= 15 is 0 Å². The maximum absolute atomic E-state index is 6.41. The summed E-state index contributed by atoms with van der Waals surface area (Å²) in [5.41, 5.74) is 11.6. The van der Waals surface area contributed by atoms with Crippen molar-refractivity contribution in [2.24, 2.45) is 0 Å². The van der Waals surface area contributed by atoms with Crippen LogP contribution in [0.15, 0.2) is 89.9 Å². The van der Waals surface area contributed by atoms with Crippen LogP contribution < -0.4 is 0 Å². The zero-order valence-corrected chi connectivity index (χ0v) is 22.6. The van der Waals surface area contributed by atoms with Gasteiger partial charge in [0, 0.05) is 10.8 Å². The summed E-state index contributed by atoms with van der Waals surface area (Å²) < 4.78 is 6.41. The molecule has 0 amide bonds. The van der Waals surface area contributed by atoms with E-state index in [1.165, 1.54) is 38.9 Å². The number of fused-ring (bicyclic) bond motifs is 3. The van der Waals surface area contributed by atoms with Crippen molar-refractivity contribution < 1.29 is 4.42 Å². The highest BCUT2D eigenvalue weighted by Crippen LogP contribution is 2.44. The Hall–Kier alpha value is -3.58. The Labute approximate surface area is 215 Å². The summed E-state index contributed by atoms with van der Waals surface area (Å²) in [6.45, 7) is 20.3. The predicted octanol–water partition coefficient (Wildman–Crippen LogP) is 10.5. The molecule has 0 N–H and O–H groups in total. The molecule has 0 bridgehead atoms. The van der Waals surface area contributed by atoms with Gasteiger partial charge in [0.1, 0.15) is 11.2 Å². The van der Waals surface area contributed by atoms with Crippen LogP contribution in [0.2, 0.25) is 0 Å². The van der Waals surface area contributed by atoms with E-state index in [1.54, 1.807) is 0 Å². The lowest BCUT2D eigenvalue weighted by Crippen LogP contribution is -2.16. The monoisotopic (exact) mass is 472 g/mol. The minimum Gasteiger partial charge on any atom is -0.456 e. The van der Waals surface area contributed by atoms with Crippen LogP contribution in [0.1, 0.15) is 65.2 Å². The molecule has 1 nitrogen and oxygen atoms in total. The Morgan fingerprint density at radius 1 is 0.611 bits per heavy atom. The highest BCUT2D eigenvalue weighted by molar-refractivity contribution is 6.17. The summed E-state index contributed by atoms with van der Waals surface area (Å²) in [4.78, 5) is 0. The first-order valence-electron chi connectivity index (χ1n) is 12.8. The Kier molecular flexibility index (Phi) is 5.71. The minimum absolute atomic E-state index is 0.0479. The summed E-state index contributed by atoms with van der Waals surface area (Å²) in [6, 6.07) is 28.4. The lowest BCUT2D eigenvalue weighted by Gasteiger charge is -2.27. The quantitative estimate of drug-likeness (QED) is 0.254. The first-order chi connectivity index (χ1) is 16.9. The summed E-state index contributed by atoms with van der Waals surface area (Å²) >= 11 is 0. The first-order valence-corrected chi connectivity index (χ1v) is 12.8. The van der Waals surface area contributed by atoms with Gasteiger partial charge in [-0.3, -0.25) is 0 Å². The molecule has 5 aromatic rings. The van der Waals surface area contributed by atoms with Gasteiger partial charge in [-0.25, -0.2) is 0 Å². The lowest BCUT2D eigenvalue weighted by atomic mass is 9.78. The fraction of sp³-hybridized carbons (Fsp3) is 0.257. The molecule has 0 spiro atoms. The van der Waals surface area contributed by atoms with Crippen molar-refractivity contribution in [3.05, 3.63) is 102 Å². The van der Waals surface area contributed by atoms with Gasteiger partial charge in [-0.2, -0.15) is 0 Å². The molecule has 0 aliphatic heterocycles. The third-order valence-electron chi connectivity index (χ3n) is 7.15. The fourth-order valence-corrected chi connectivity index (χ4v) is 5.10. The van der Waals surface area contributed by atoms with E-state index in [-0.39, 0.29) is 10.8 Å². The molecule has 0 unspecified atom stereocenters. The maximum atomic E-state index is 6.41. The molecular weight excluding hydrogens is 436 g/mol. The van der Waals surface area contributed by atoms with Crippen LogP contribution in [0, 0.1) is 0 Å². The molecule has 5 rings (SSSR count). The van der Waals surface area contributed by atoms with Gasteiger partial charge in [0.25, 0.3) is 0 Å². The maximum Gasteiger partial charge on any atom is 0.136 e. The van der Waals surface area contributed by atoms with E-state index in [4.69, 9.17) is 4.42 Å². The summed E-state index contributed by atoms with van der Waals surface area (Å²) in [5.74, 6) is 0.